The number of benzene rings is 1. The van der Waals surface area contributed by atoms with E-state index in [1.165, 1.54) is 0 Å². The number of unbranched alkanes of at least 4 members (excludes halogenated alkanes) is 1. The van der Waals surface area contributed by atoms with Crippen molar-refractivity contribution in [1.82, 2.24) is 5.32 Å². The quantitative estimate of drug-likeness (QED) is 0.675. The Balaban J connectivity index is 2.14. The Morgan fingerprint density at radius 3 is 2.48 bits per heavy atom. The van der Waals surface area contributed by atoms with Crippen LogP contribution < -0.4 is 10.1 Å². The highest BCUT2D eigenvalue weighted by Crippen LogP contribution is 2.21. The van der Waals surface area contributed by atoms with Gasteiger partial charge in [0.05, 0.1) is 0 Å². The first-order valence-corrected chi connectivity index (χ1v) is 7.68. The van der Waals surface area contributed by atoms with Crippen LogP contribution in [0.3, 0.4) is 0 Å². The lowest BCUT2D eigenvalue weighted by molar-refractivity contribution is -0.123. The van der Waals surface area contributed by atoms with Crippen molar-refractivity contribution in [2.75, 3.05) is 26.4 Å². The van der Waals surface area contributed by atoms with Crippen molar-refractivity contribution < 1.29 is 14.3 Å². The summed E-state index contributed by atoms with van der Waals surface area (Å²) < 4.78 is 11.0. The molecule has 4 heteroatoms. The van der Waals surface area contributed by atoms with Gasteiger partial charge in [0.1, 0.15) is 5.75 Å². The van der Waals surface area contributed by atoms with E-state index >= 15 is 0 Å². The molecule has 1 aromatic rings. The molecule has 118 valence electrons. The topological polar surface area (TPSA) is 47.6 Å². The Hall–Kier alpha value is -1.55. The van der Waals surface area contributed by atoms with Gasteiger partial charge in [-0.05, 0) is 37.8 Å². The molecular formula is C17H27NO3. The zero-order valence-electron chi connectivity index (χ0n) is 13.4. The van der Waals surface area contributed by atoms with E-state index < -0.39 is 0 Å². The Kier molecular flexibility index (Phi) is 8.51. The van der Waals surface area contributed by atoms with Gasteiger partial charge in [-0.15, -0.1) is 0 Å². The second-order valence-corrected chi connectivity index (χ2v) is 5.18. The van der Waals surface area contributed by atoms with Gasteiger partial charge in [0.15, 0.2) is 6.61 Å². The number of hydrogen-bond acceptors (Lipinski definition) is 3. The van der Waals surface area contributed by atoms with E-state index in [0.717, 1.165) is 42.7 Å². The largest absolute Gasteiger partial charge is 0.483 e. The molecule has 0 bridgehead atoms. The first kappa shape index (κ1) is 17.5. The number of hydrogen-bond donors (Lipinski definition) is 1. The Labute approximate surface area is 127 Å². The zero-order chi connectivity index (χ0) is 15.5. The predicted molar refractivity (Wildman–Crippen MR) is 84.8 cm³/mol. The summed E-state index contributed by atoms with van der Waals surface area (Å²) in [4.78, 5) is 11.7. The molecule has 1 aromatic carbocycles. The number of carbonyl (C=O) groups is 1. The van der Waals surface area contributed by atoms with Gasteiger partial charge < -0.3 is 14.8 Å². The maximum absolute atomic E-state index is 11.7. The molecule has 0 fully saturated rings. The van der Waals surface area contributed by atoms with Crippen LogP contribution in [0, 0.1) is 13.8 Å². The monoisotopic (exact) mass is 293 g/mol. The average molecular weight is 293 g/mol. The molecule has 0 aliphatic carbocycles. The van der Waals surface area contributed by atoms with Crippen LogP contribution >= 0.6 is 0 Å². The summed E-state index contributed by atoms with van der Waals surface area (Å²) in [5.74, 6) is 0.710. The van der Waals surface area contributed by atoms with Crippen molar-refractivity contribution in [2.45, 2.75) is 40.0 Å². The Morgan fingerprint density at radius 1 is 1.14 bits per heavy atom. The molecule has 4 nitrogen and oxygen atoms in total. The molecule has 0 aliphatic rings. The molecule has 1 N–H and O–H groups in total. The molecule has 0 spiro atoms. The third-order valence-corrected chi connectivity index (χ3v) is 3.19. The summed E-state index contributed by atoms with van der Waals surface area (Å²) in [6.45, 7) is 8.28. The number of aryl methyl sites for hydroxylation is 2. The Bertz CT molecular complexity index is 412. The van der Waals surface area contributed by atoms with Gasteiger partial charge >= 0.3 is 0 Å². The van der Waals surface area contributed by atoms with Crippen molar-refractivity contribution in [1.29, 1.82) is 0 Å². The van der Waals surface area contributed by atoms with Crippen molar-refractivity contribution in [3.63, 3.8) is 0 Å². The van der Waals surface area contributed by atoms with Gasteiger partial charge in [0.25, 0.3) is 5.91 Å². The molecule has 1 rings (SSSR count). The number of rotatable bonds is 10. The van der Waals surface area contributed by atoms with Gasteiger partial charge in [-0.3, -0.25) is 4.79 Å². The summed E-state index contributed by atoms with van der Waals surface area (Å²) in [5.41, 5.74) is 2.10. The standard InChI is InChI=1S/C17H27NO3/c1-4-5-11-20-12-7-10-18-16(19)13-21-17-14(2)8-6-9-15(17)3/h6,8-9H,4-5,7,10-13H2,1-3H3,(H,18,19). The van der Waals surface area contributed by atoms with E-state index in [1.54, 1.807) is 0 Å². The third-order valence-electron chi connectivity index (χ3n) is 3.19. The van der Waals surface area contributed by atoms with Crippen LogP contribution in [0.5, 0.6) is 5.75 Å². The maximum atomic E-state index is 11.7. The highest BCUT2D eigenvalue weighted by atomic mass is 16.5. The number of carbonyl (C=O) groups excluding carboxylic acids is 1. The fourth-order valence-electron chi connectivity index (χ4n) is 1.97. The highest BCUT2D eigenvalue weighted by molar-refractivity contribution is 5.77. The van der Waals surface area contributed by atoms with Crippen molar-refractivity contribution in [3.05, 3.63) is 29.3 Å². The number of para-hydroxylation sites is 1. The maximum Gasteiger partial charge on any atom is 0.257 e. The van der Waals surface area contributed by atoms with Crippen molar-refractivity contribution >= 4 is 5.91 Å². The summed E-state index contributed by atoms with van der Waals surface area (Å²) in [6.07, 6.45) is 3.07. The van der Waals surface area contributed by atoms with Gasteiger partial charge in [0.2, 0.25) is 0 Å². The summed E-state index contributed by atoms with van der Waals surface area (Å²) in [5, 5.41) is 2.84. The normalized spacial score (nSPS) is 10.4. The smallest absolute Gasteiger partial charge is 0.257 e. The zero-order valence-corrected chi connectivity index (χ0v) is 13.4. The fraction of sp³-hybridized carbons (Fsp3) is 0.588. The molecule has 0 aromatic heterocycles. The van der Waals surface area contributed by atoms with E-state index in [1.807, 2.05) is 32.0 Å². The van der Waals surface area contributed by atoms with Crippen molar-refractivity contribution in [3.8, 4) is 5.75 Å². The van der Waals surface area contributed by atoms with Gasteiger partial charge in [-0.25, -0.2) is 0 Å². The first-order chi connectivity index (χ1) is 10.1. The van der Waals surface area contributed by atoms with E-state index in [-0.39, 0.29) is 12.5 Å². The van der Waals surface area contributed by atoms with Crippen LogP contribution in [0.4, 0.5) is 0 Å². The molecule has 0 unspecified atom stereocenters. The molecule has 0 heterocycles. The van der Waals surface area contributed by atoms with Crippen LogP contribution in [0.15, 0.2) is 18.2 Å². The molecule has 1 amide bonds. The number of ether oxygens (including phenoxy) is 2. The van der Waals surface area contributed by atoms with E-state index in [0.29, 0.717) is 13.2 Å². The van der Waals surface area contributed by atoms with E-state index in [2.05, 4.69) is 12.2 Å². The SMILES string of the molecule is CCCCOCCCNC(=O)COc1c(C)cccc1C. The lowest BCUT2D eigenvalue weighted by Crippen LogP contribution is -2.30. The molecule has 0 atom stereocenters. The molecule has 0 radical (unpaired) electrons. The third kappa shape index (κ3) is 7.14. The minimum Gasteiger partial charge on any atom is -0.483 e. The average Bonchev–Trinajstić information content (AvgIpc) is 2.46. The summed E-state index contributed by atoms with van der Waals surface area (Å²) in [6, 6.07) is 5.94. The first-order valence-electron chi connectivity index (χ1n) is 7.68. The lowest BCUT2D eigenvalue weighted by atomic mass is 10.1. The van der Waals surface area contributed by atoms with Crippen LogP contribution in [0.25, 0.3) is 0 Å². The second-order valence-electron chi connectivity index (χ2n) is 5.18. The second kappa shape index (κ2) is 10.2. The van der Waals surface area contributed by atoms with Crippen LogP contribution in [0.2, 0.25) is 0 Å². The molecule has 0 saturated carbocycles. The van der Waals surface area contributed by atoms with Gasteiger partial charge in [-0.2, -0.15) is 0 Å². The minimum atomic E-state index is -0.0915. The minimum absolute atomic E-state index is 0.0579. The summed E-state index contributed by atoms with van der Waals surface area (Å²) in [7, 11) is 0. The van der Waals surface area contributed by atoms with Crippen LogP contribution in [-0.4, -0.2) is 32.3 Å². The number of nitrogens with one attached hydrogen (secondary N) is 1. The lowest BCUT2D eigenvalue weighted by Gasteiger charge is -2.12. The molecule has 21 heavy (non-hydrogen) atoms. The fourth-order valence-corrected chi connectivity index (χ4v) is 1.97. The van der Waals surface area contributed by atoms with Crippen LogP contribution in [-0.2, 0) is 9.53 Å². The van der Waals surface area contributed by atoms with E-state index in [9.17, 15) is 4.79 Å². The molecular weight excluding hydrogens is 266 g/mol. The Morgan fingerprint density at radius 2 is 1.81 bits per heavy atom. The highest BCUT2D eigenvalue weighted by Gasteiger charge is 2.06. The molecule has 0 aliphatic heterocycles. The summed E-state index contributed by atoms with van der Waals surface area (Å²) >= 11 is 0. The van der Waals surface area contributed by atoms with E-state index in [4.69, 9.17) is 9.47 Å². The number of amides is 1. The van der Waals surface area contributed by atoms with Gasteiger partial charge in [0, 0.05) is 19.8 Å². The predicted octanol–water partition coefficient (Wildman–Crippen LogP) is 3.01. The van der Waals surface area contributed by atoms with Crippen molar-refractivity contribution in [2.24, 2.45) is 0 Å². The molecule has 0 saturated heterocycles. The van der Waals surface area contributed by atoms with Crippen LogP contribution in [0.1, 0.15) is 37.3 Å². The van der Waals surface area contributed by atoms with Gasteiger partial charge in [-0.1, -0.05) is 31.5 Å².